The fourth-order valence-corrected chi connectivity index (χ4v) is 4.09. The first-order valence-corrected chi connectivity index (χ1v) is 9.92. The number of aryl methyl sites for hydroxylation is 1. The van der Waals surface area contributed by atoms with Crippen LogP contribution in [0.1, 0.15) is 29.3 Å². The monoisotopic (exact) mass is 371 g/mol. The number of benzene rings is 1. The summed E-state index contributed by atoms with van der Waals surface area (Å²) < 4.78 is 30.8. The lowest BCUT2D eigenvalue weighted by atomic mass is 10.0. The Kier molecular flexibility index (Phi) is 3.73. The molecule has 0 spiro atoms. The van der Waals surface area contributed by atoms with E-state index in [1.54, 1.807) is 18.2 Å². The van der Waals surface area contributed by atoms with E-state index in [4.69, 9.17) is 4.42 Å². The van der Waals surface area contributed by atoms with Gasteiger partial charge in [0.1, 0.15) is 11.5 Å². The number of hydrogen-bond donors (Lipinski definition) is 1. The fraction of sp³-hybridized carbons (Fsp3) is 0.222. The van der Waals surface area contributed by atoms with Gasteiger partial charge in [0.2, 0.25) is 10.0 Å². The molecule has 134 valence electrons. The predicted molar refractivity (Wildman–Crippen MR) is 98.6 cm³/mol. The van der Waals surface area contributed by atoms with Gasteiger partial charge in [0.15, 0.2) is 0 Å². The number of rotatable bonds is 3. The van der Waals surface area contributed by atoms with E-state index in [2.05, 4.69) is 10.1 Å². The van der Waals surface area contributed by atoms with Crippen LogP contribution in [0.5, 0.6) is 0 Å². The minimum Gasteiger partial charge on any atom is -0.463 e. The summed E-state index contributed by atoms with van der Waals surface area (Å²) in [6.07, 6.45) is 2.84. The van der Waals surface area contributed by atoms with Gasteiger partial charge < -0.3 is 9.40 Å². The molecule has 0 aliphatic carbocycles. The normalized spacial score (nSPS) is 17.7. The number of hydrazone groups is 1. The average Bonchev–Trinajstić information content (AvgIpc) is 3.23. The van der Waals surface area contributed by atoms with Gasteiger partial charge in [0, 0.05) is 17.5 Å². The minimum atomic E-state index is -3.65. The van der Waals surface area contributed by atoms with E-state index in [9.17, 15) is 13.2 Å². The molecule has 0 bridgehead atoms. The number of pyridine rings is 1. The number of nitrogens with one attached hydrogen (secondary N) is 1. The number of sulfonamides is 1. The molecule has 4 rings (SSSR count). The summed E-state index contributed by atoms with van der Waals surface area (Å²) in [5.74, 6) is 0.494. The van der Waals surface area contributed by atoms with Crippen molar-refractivity contribution in [3.8, 4) is 0 Å². The van der Waals surface area contributed by atoms with E-state index < -0.39 is 16.1 Å². The second-order valence-electron chi connectivity index (χ2n) is 6.42. The molecular formula is C18H17N3O4S. The Bertz CT molecular complexity index is 1180. The summed E-state index contributed by atoms with van der Waals surface area (Å²) in [4.78, 5) is 15.5. The van der Waals surface area contributed by atoms with E-state index in [0.29, 0.717) is 17.0 Å². The van der Waals surface area contributed by atoms with Gasteiger partial charge >= 0.3 is 0 Å². The standard InChI is InChI=1S/C18H17N3O4S/c1-11-5-6-12-9-13(18(22)19-14(12)8-11)16-10-15(17-4-3-7-25-17)20-21(16)26(2,23)24/h3-9,16H,10H2,1-2H3,(H,19,22)/t16-/m0/s1. The van der Waals surface area contributed by atoms with Crippen molar-refractivity contribution in [2.24, 2.45) is 5.10 Å². The quantitative estimate of drug-likeness (QED) is 0.765. The van der Waals surface area contributed by atoms with Crippen molar-refractivity contribution in [1.82, 2.24) is 9.40 Å². The van der Waals surface area contributed by atoms with Crippen LogP contribution in [0.25, 0.3) is 10.9 Å². The maximum Gasteiger partial charge on any atom is 0.253 e. The Labute approximate surface area is 150 Å². The SMILES string of the molecule is Cc1ccc2cc([C@@H]3CC(c4ccco4)=NN3S(C)(=O)=O)c(=O)[nH]c2c1. The first kappa shape index (κ1) is 16.6. The van der Waals surface area contributed by atoms with E-state index in [-0.39, 0.29) is 12.0 Å². The van der Waals surface area contributed by atoms with Gasteiger partial charge in [-0.2, -0.15) is 9.52 Å². The lowest BCUT2D eigenvalue weighted by Gasteiger charge is -2.21. The summed E-state index contributed by atoms with van der Waals surface area (Å²) >= 11 is 0. The van der Waals surface area contributed by atoms with Crippen molar-refractivity contribution in [3.63, 3.8) is 0 Å². The number of furan rings is 1. The van der Waals surface area contributed by atoms with Gasteiger partial charge in [-0.1, -0.05) is 12.1 Å². The van der Waals surface area contributed by atoms with Gasteiger partial charge in [0.25, 0.3) is 5.56 Å². The highest BCUT2D eigenvalue weighted by Gasteiger charge is 2.36. The zero-order valence-electron chi connectivity index (χ0n) is 14.3. The highest BCUT2D eigenvalue weighted by Crippen LogP contribution is 2.34. The van der Waals surface area contributed by atoms with Crippen molar-refractivity contribution in [2.45, 2.75) is 19.4 Å². The molecule has 1 atom stereocenters. The van der Waals surface area contributed by atoms with Crippen molar-refractivity contribution in [3.05, 3.63) is 69.9 Å². The number of aromatic nitrogens is 1. The van der Waals surface area contributed by atoms with Crippen LogP contribution >= 0.6 is 0 Å². The zero-order valence-corrected chi connectivity index (χ0v) is 15.1. The molecule has 3 aromatic rings. The van der Waals surface area contributed by atoms with Crippen LogP contribution in [-0.2, 0) is 10.0 Å². The van der Waals surface area contributed by atoms with E-state index in [1.807, 2.05) is 25.1 Å². The molecule has 0 saturated carbocycles. The lowest BCUT2D eigenvalue weighted by molar-refractivity contribution is 0.373. The number of H-pyrrole nitrogens is 1. The molecule has 26 heavy (non-hydrogen) atoms. The van der Waals surface area contributed by atoms with Gasteiger partial charge in [-0.3, -0.25) is 4.79 Å². The Balaban J connectivity index is 1.84. The highest BCUT2D eigenvalue weighted by molar-refractivity contribution is 7.88. The van der Waals surface area contributed by atoms with E-state index >= 15 is 0 Å². The maximum atomic E-state index is 12.6. The summed E-state index contributed by atoms with van der Waals surface area (Å²) in [5, 5.41) is 5.05. The number of aromatic amines is 1. The summed E-state index contributed by atoms with van der Waals surface area (Å²) in [6.45, 7) is 1.94. The van der Waals surface area contributed by atoms with Crippen LogP contribution in [0.4, 0.5) is 0 Å². The van der Waals surface area contributed by atoms with E-state index in [1.165, 1.54) is 6.26 Å². The Hall–Kier alpha value is -2.87. The molecule has 0 unspecified atom stereocenters. The van der Waals surface area contributed by atoms with Crippen LogP contribution in [0.15, 0.2) is 57.0 Å². The number of hydrogen-bond acceptors (Lipinski definition) is 5. The molecule has 3 heterocycles. The van der Waals surface area contributed by atoms with Crippen molar-refractivity contribution >= 4 is 26.6 Å². The highest BCUT2D eigenvalue weighted by atomic mass is 32.2. The van der Waals surface area contributed by atoms with Crippen LogP contribution in [-0.4, -0.2) is 29.8 Å². The van der Waals surface area contributed by atoms with Gasteiger partial charge in [-0.25, -0.2) is 8.42 Å². The molecule has 0 saturated heterocycles. The van der Waals surface area contributed by atoms with Crippen LogP contribution in [0.2, 0.25) is 0 Å². The molecule has 7 nitrogen and oxygen atoms in total. The first-order valence-electron chi connectivity index (χ1n) is 8.07. The Morgan fingerprint density at radius 3 is 2.77 bits per heavy atom. The van der Waals surface area contributed by atoms with Crippen molar-refractivity contribution in [1.29, 1.82) is 0 Å². The fourth-order valence-electron chi connectivity index (χ4n) is 3.20. The molecular weight excluding hydrogens is 354 g/mol. The second kappa shape index (κ2) is 5.84. The number of fused-ring (bicyclic) bond motifs is 1. The van der Waals surface area contributed by atoms with Crippen LogP contribution in [0, 0.1) is 6.92 Å². The first-order chi connectivity index (χ1) is 12.3. The molecule has 1 aliphatic heterocycles. The molecule has 1 aromatic carbocycles. The Morgan fingerprint density at radius 2 is 2.08 bits per heavy atom. The van der Waals surface area contributed by atoms with Crippen LogP contribution < -0.4 is 5.56 Å². The largest absolute Gasteiger partial charge is 0.463 e. The maximum absolute atomic E-state index is 12.6. The van der Waals surface area contributed by atoms with E-state index in [0.717, 1.165) is 27.1 Å². The number of nitrogens with zero attached hydrogens (tertiary/aromatic N) is 2. The third-order valence-corrected chi connectivity index (χ3v) is 5.42. The summed E-state index contributed by atoms with van der Waals surface area (Å²) in [5.41, 5.74) is 2.28. The van der Waals surface area contributed by atoms with Crippen LogP contribution in [0.3, 0.4) is 0 Å². The molecule has 1 aliphatic rings. The third-order valence-electron chi connectivity index (χ3n) is 4.41. The second-order valence-corrected chi connectivity index (χ2v) is 8.26. The smallest absolute Gasteiger partial charge is 0.253 e. The topological polar surface area (TPSA) is 95.7 Å². The summed E-state index contributed by atoms with van der Waals surface area (Å²) in [7, 11) is -3.65. The molecule has 1 N–H and O–H groups in total. The third kappa shape index (κ3) is 2.82. The molecule has 2 aromatic heterocycles. The van der Waals surface area contributed by atoms with Gasteiger partial charge in [-0.15, -0.1) is 0 Å². The molecule has 0 fully saturated rings. The average molecular weight is 371 g/mol. The zero-order chi connectivity index (χ0) is 18.5. The molecule has 8 heteroatoms. The minimum absolute atomic E-state index is 0.265. The molecule has 0 amide bonds. The van der Waals surface area contributed by atoms with Crippen molar-refractivity contribution in [2.75, 3.05) is 6.26 Å². The van der Waals surface area contributed by atoms with Gasteiger partial charge in [-0.05, 0) is 42.1 Å². The van der Waals surface area contributed by atoms with Crippen molar-refractivity contribution < 1.29 is 12.8 Å². The molecule has 0 radical (unpaired) electrons. The lowest BCUT2D eigenvalue weighted by Crippen LogP contribution is -2.30. The van der Waals surface area contributed by atoms with Gasteiger partial charge in [0.05, 0.1) is 18.6 Å². The Morgan fingerprint density at radius 1 is 1.27 bits per heavy atom. The predicted octanol–water partition coefficient (Wildman–Crippen LogP) is 2.54. The summed E-state index contributed by atoms with van der Waals surface area (Å²) in [6, 6.07) is 10.2.